The Kier molecular flexibility index (Phi) is 5.64. The van der Waals surface area contributed by atoms with Crippen molar-refractivity contribution >= 4 is 17.5 Å². The van der Waals surface area contributed by atoms with Crippen LogP contribution >= 0.6 is 11.6 Å². The summed E-state index contributed by atoms with van der Waals surface area (Å²) in [6, 6.07) is 6.87. The van der Waals surface area contributed by atoms with Gasteiger partial charge in [0, 0.05) is 11.6 Å². The van der Waals surface area contributed by atoms with Crippen molar-refractivity contribution in [2.45, 2.75) is 19.4 Å². The molecule has 0 saturated carbocycles. The van der Waals surface area contributed by atoms with Crippen molar-refractivity contribution in [3.8, 4) is 5.75 Å². The monoisotopic (exact) mass is 298 g/mol. The molecule has 1 saturated heterocycles. The predicted molar refractivity (Wildman–Crippen MR) is 76.6 cm³/mol. The molecule has 6 heteroatoms. The van der Waals surface area contributed by atoms with Crippen molar-refractivity contribution in [1.82, 2.24) is 10.8 Å². The van der Waals surface area contributed by atoms with Crippen LogP contribution in [0.15, 0.2) is 24.3 Å². The molecule has 0 spiro atoms. The van der Waals surface area contributed by atoms with Crippen molar-refractivity contribution < 1.29 is 14.4 Å². The van der Waals surface area contributed by atoms with Crippen molar-refractivity contribution in [3.63, 3.8) is 0 Å². The second-order valence-corrected chi connectivity index (χ2v) is 5.29. The average Bonchev–Trinajstić information content (AvgIpc) is 2.94. The van der Waals surface area contributed by atoms with Crippen LogP contribution in [-0.4, -0.2) is 31.7 Å². The molecule has 1 aliphatic rings. The molecule has 20 heavy (non-hydrogen) atoms. The normalized spacial score (nSPS) is 19.6. The van der Waals surface area contributed by atoms with Gasteiger partial charge in [-0.15, -0.1) is 0 Å². The minimum absolute atomic E-state index is 0.300. The number of hydrogen-bond donors (Lipinski definition) is 2. The first-order valence-electron chi connectivity index (χ1n) is 6.69. The van der Waals surface area contributed by atoms with Gasteiger partial charge in [0.25, 0.3) is 5.91 Å². The maximum absolute atomic E-state index is 11.8. The molecule has 110 valence electrons. The van der Waals surface area contributed by atoms with Gasteiger partial charge in [0.1, 0.15) is 5.75 Å². The number of carbonyl (C=O) groups excluding carboxylic acids is 1. The molecule has 0 aromatic heterocycles. The number of carbonyl (C=O) groups is 1. The van der Waals surface area contributed by atoms with Gasteiger partial charge in [-0.25, -0.2) is 5.48 Å². The van der Waals surface area contributed by atoms with Crippen LogP contribution in [-0.2, 0) is 9.63 Å². The first-order chi connectivity index (χ1) is 9.65. The van der Waals surface area contributed by atoms with E-state index in [1.54, 1.807) is 31.2 Å². The fourth-order valence-corrected chi connectivity index (χ4v) is 2.07. The molecule has 1 heterocycles. The smallest absolute Gasteiger partial charge is 0.284 e. The maximum Gasteiger partial charge on any atom is 0.284 e. The van der Waals surface area contributed by atoms with Crippen LogP contribution in [0.4, 0.5) is 0 Å². The Morgan fingerprint density at radius 1 is 1.50 bits per heavy atom. The molecular formula is C14H19ClN2O3. The Labute approximate surface area is 123 Å². The van der Waals surface area contributed by atoms with E-state index in [0.717, 1.165) is 19.5 Å². The molecule has 1 aromatic rings. The number of benzene rings is 1. The Morgan fingerprint density at radius 3 is 2.90 bits per heavy atom. The highest BCUT2D eigenvalue weighted by atomic mass is 35.5. The maximum atomic E-state index is 11.8. The average molecular weight is 299 g/mol. The van der Waals surface area contributed by atoms with E-state index >= 15 is 0 Å². The summed E-state index contributed by atoms with van der Waals surface area (Å²) in [6.07, 6.45) is 0.449. The van der Waals surface area contributed by atoms with E-state index in [1.807, 2.05) is 0 Å². The number of amides is 1. The minimum Gasteiger partial charge on any atom is -0.481 e. The van der Waals surface area contributed by atoms with Crippen LogP contribution in [0.5, 0.6) is 5.75 Å². The topological polar surface area (TPSA) is 59.6 Å². The first kappa shape index (κ1) is 15.1. The highest BCUT2D eigenvalue weighted by Crippen LogP contribution is 2.16. The summed E-state index contributed by atoms with van der Waals surface area (Å²) < 4.78 is 5.49. The van der Waals surface area contributed by atoms with Crippen molar-refractivity contribution in [1.29, 1.82) is 0 Å². The Hall–Kier alpha value is -1.30. The lowest BCUT2D eigenvalue weighted by Crippen LogP contribution is -2.37. The van der Waals surface area contributed by atoms with E-state index in [4.69, 9.17) is 21.2 Å². The highest BCUT2D eigenvalue weighted by Gasteiger charge is 2.18. The standard InChI is InChI=1S/C14H19ClN2O3/c1-10(20-13-4-2-12(15)3-5-13)14(18)17-19-9-11-6-7-16-8-11/h2-5,10-11,16H,6-9H2,1H3,(H,17,18). The van der Waals surface area contributed by atoms with Crippen LogP contribution in [0.25, 0.3) is 0 Å². The number of rotatable bonds is 6. The molecule has 0 bridgehead atoms. The van der Waals surface area contributed by atoms with Gasteiger partial charge in [-0.1, -0.05) is 11.6 Å². The van der Waals surface area contributed by atoms with Gasteiger partial charge in [0.15, 0.2) is 6.10 Å². The van der Waals surface area contributed by atoms with Crippen LogP contribution in [0.1, 0.15) is 13.3 Å². The summed E-state index contributed by atoms with van der Waals surface area (Å²) in [5, 5.41) is 3.87. The summed E-state index contributed by atoms with van der Waals surface area (Å²) in [7, 11) is 0. The van der Waals surface area contributed by atoms with Gasteiger partial charge in [-0.05, 0) is 50.1 Å². The van der Waals surface area contributed by atoms with Crippen molar-refractivity contribution in [2.75, 3.05) is 19.7 Å². The lowest BCUT2D eigenvalue weighted by Gasteiger charge is -2.15. The molecular weight excluding hydrogens is 280 g/mol. The number of halogens is 1. The van der Waals surface area contributed by atoms with Crippen molar-refractivity contribution in [3.05, 3.63) is 29.3 Å². The summed E-state index contributed by atoms with van der Waals surface area (Å²) >= 11 is 5.78. The first-order valence-corrected chi connectivity index (χ1v) is 7.07. The molecule has 1 fully saturated rings. The molecule has 1 amide bonds. The van der Waals surface area contributed by atoms with Gasteiger partial charge >= 0.3 is 0 Å². The fourth-order valence-electron chi connectivity index (χ4n) is 1.94. The quantitative estimate of drug-likeness (QED) is 0.786. The largest absolute Gasteiger partial charge is 0.481 e. The SMILES string of the molecule is CC(Oc1ccc(Cl)cc1)C(=O)NOCC1CCNC1. The number of ether oxygens (including phenoxy) is 1. The van der Waals surface area contributed by atoms with Gasteiger partial charge in [0.2, 0.25) is 0 Å². The molecule has 2 rings (SSSR count). The Balaban J connectivity index is 1.69. The van der Waals surface area contributed by atoms with Crippen LogP contribution in [0.2, 0.25) is 5.02 Å². The van der Waals surface area contributed by atoms with E-state index in [1.165, 1.54) is 0 Å². The van der Waals surface area contributed by atoms with Crippen molar-refractivity contribution in [2.24, 2.45) is 5.92 Å². The number of hydroxylamine groups is 1. The van der Waals surface area contributed by atoms with E-state index in [2.05, 4.69) is 10.8 Å². The molecule has 0 aliphatic carbocycles. The van der Waals surface area contributed by atoms with E-state index in [-0.39, 0.29) is 5.91 Å². The summed E-state index contributed by atoms with van der Waals surface area (Å²) in [5.74, 6) is 0.755. The lowest BCUT2D eigenvalue weighted by atomic mass is 10.1. The van der Waals surface area contributed by atoms with Crippen LogP contribution in [0.3, 0.4) is 0 Å². The molecule has 2 unspecified atom stereocenters. The summed E-state index contributed by atoms with van der Waals surface area (Å²) in [6.45, 7) is 4.14. The van der Waals surface area contributed by atoms with E-state index < -0.39 is 6.10 Å². The van der Waals surface area contributed by atoms with E-state index in [9.17, 15) is 4.79 Å². The zero-order valence-electron chi connectivity index (χ0n) is 11.4. The molecule has 5 nitrogen and oxygen atoms in total. The van der Waals surface area contributed by atoms with E-state index in [0.29, 0.717) is 23.3 Å². The predicted octanol–water partition coefficient (Wildman–Crippen LogP) is 1.76. The molecule has 2 atom stereocenters. The minimum atomic E-state index is -0.627. The van der Waals surface area contributed by atoms with Gasteiger partial charge in [0.05, 0.1) is 6.61 Å². The van der Waals surface area contributed by atoms with Gasteiger partial charge in [-0.2, -0.15) is 0 Å². The summed E-state index contributed by atoms with van der Waals surface area (Å²) in [4.78, 5) is 17.0. The molecule has 1 aromatic carbocycles. The lowest BCUT2D eigenvalue weighted by molar-refractivity contribution is -0.141. The molecule has 2 N–H and O–H groups in total. The molecule has 0 radical (unpaired) electrons. The zero-order chi connectivity index (χ0) is 14.4. The Morgan fingerprint density at radius 2 is 2.25 bits per heavy atom. The fraction of sp³-hybridized carbons (Fsp3) is 0.500. The van der Waals surface area contributed by atoms with Crippen LogP contribution < -0.4 is 15.5 Å². The zero-order valence-corrected chi connectivity index (χ0v) is 12.2. The summed E-state index contributed by atoms with van der Waals surface area (Å²) in [5.41, 5.74) is 2.42. The third-order valence-corrected chi connectivity index (χ3v) is 3.40. The molecule has 1 aliphatic heterocycles. The third kappa shape index (κ3) is 4.67. The van der Waals surface area contributed by atoms with Gasteiger partial charge < -0.3 is 10.1 Å². The number of hydrogen-bond acceptors (Lipinski definition) is 4. The second kappa shape index (κ2) is 7.47. The third-order valence-electron chi connectivity index (χ3n) is 3.15. The highest BCUT2D eigenvalue weighted by molar-refractivity contribution is 6.30. The second-order valence-electron chi connectivity index (χ2n) is 4.85. The number of nitrogens with one attached hydrogen (secondary N) is 2. The van der Waals surface area contributed by atoms with Gasteiger partial charge in [-0.3, -0.25) is 9.63 Å². The van der Waals surface area contributed by atoms with Crippen LogP contribution in [0, 0.1) is 5.92 Å². The Bertz CT molecular complexity index is 433.